The van der Waals surface area contributed by atoms with Gasteiger partial charge in [0.1, 0.15) is 35.5 Å². The van der Waals surface area contributed by atoms with E-state index in [9.17, 15) is 33.3 Å². The molecule has 4 rings (SSSR count). The van der Waals surface area contributed by atoms with Crippen LogP contribution in [0.3, 0.4) is 0 Å². The molecule has 0 bridgehead atoms. The molecule has 0 saturated carbocycles. The molecule has 35 heavy (non-hydrogen) atoms. The summed E-state index contributed by atoms with van der Waals surface area (Å²) in [5.41, 5.74) is -0.475. The second-order valence-electron chi connectivity index (χ2n) is 7.86. The van der Waals surface area contributed by atoms with Gasteiger partial charge < -0.3 is 25.4 Å². The highest BCUT2D eigenvalue weighted by atomic mass is 32.2. The molecule has 186 valence electrons. The highest BCUT2D eigenvalue weighted by molar-refractivity contribution is 7.99. The topological polar surface area (TPSA) is 130 Å². The van der Waals surface area contributed by atoms with E-state index in [4.69, 9.17) is 4.74 Å². The lowest BCUT2D eigenvalue weighted by Gasteiger charge is -2.41. The van der Waals surface area contributed by atoms with Gasteiger partial charge in [0.25, 0.3) is 0 Å². The van der Waals surface area contributed by atoms with Gasteiger partial charge in [-0.05, 0) is 36.4 Å². The van der Waals surface area contributed by atoms with Gasteiger partial charge >= 0.3 is 0 Å². The number of aromatic nitrogens is 3. The molecule has 1 saturated heterocycles. The molecule has 3 unspecified atom stereocenters. The molecule has 2 heterocycles. The van der Waals surface area contributed by atoms with Gasteiger partial charge in [-0.15, -0.1) is 5.10 Å². The zero-order valence-corrected chi connectivity index (χ0v) is 19.0. The predicted molar refractivity (Wildman–Crippen MR) is 119 cm³/mol. The Kier molecular flexibility index (Phi) is 7.42. The van der Waals surface area contributed by atoms with Crippen LogP contribution in [0.2, 0.25) is 0 Å². The van der Waals surface area contributed by atoms with Crippen molar-refractivity contribution in [3.63, 3.8) is 0 Å². The number of benzene rings is 2. The average molecular weight is 510 g/mol. The number of carbonyl (C=O) groups excluding carboxylic acids is 1. The lowest BCUT2D eigenvalue weighted by Crippen LogP contribution is -2.55. The third-order valence-electron chi connectivity index (χ3n) is 5.37. The van der Waals surface area contributed by atoms with Crippen LogP contribution in [0.15, 0.2) is 47.5 Å². The number of aliphatic hydroxyl groups excluding tert-OH is 3. The van der Waals surface area contributed by atoms with Crippen LogP contribution in [-0.4, -0.2) is 66.6 Å². The van der Waals surface area contributed by atoms with Gasteiger partial charge in [0.15, 0.2) is 17.5 Å². The number of nitrogens with one attached hydrogen (secondary N) is 1. The molecule has 2 aromatic carbocycles. The summed E-state index contributed by atoms with van der Waals surface area (Å²) in [6, 6.07) is 7.11. The molecule has 0 aliphatic carbocycles. The zero-order valence-electron chi connectivity index (χ0n) is 18.2. The lowest BCUT2D eigenvalue weighted by atomic mass is 9.97. The van der Waals surface area contributed by atoms with Gasteiger partial charge in [-0.3, -0.25) is 4.79 Å². The second-order valence-corrected chi connectivity index (χ2v) is 9.03. The first-order valence-electron chi connectivity index (χ1n) is 10.4. The van der Waals surface area contributed by atoms with Gasteiger partial charge in [-0.25, -0.2) is 17.9 Å². The maximum absolute atomic E-state index is 13.6. The molecular formula is C22H21F3N4O5S. The number of ether oxygens (including phenoxy) is 1. The normalized spacial score (nSPS) is 24.4. The van der Waals surface area contributed by atoms with Crippen molar-refractivity contribution in [2.24, 2.45) is 0 Å². The molecule has 0 radical (unpaired) electrons. The molecule has 1 aromatic heterocycles. The first-order chi connectivity index (χ1) is 16.7. The van der Waals surface area contributed by atoms with Crippen molar-refractivity contribution in [1.82, 2.24) is 15.0 Å². The smallest absolute Gasteiger partial charge is 0.221 e. The lowest BCUT2D eigenvalue weighted by molar-refractivity contribution is -0.178. The minimum atomic E-state index is -1.62. The summed E-state index contributed by atoms with van der Waals surface area (Å²) in [5, 5.41) is 41.8. The fourth-order valence-corrected chi connectivity index (χ4v) is 4.75. The predicted octanol–water partition coefficient (Wildman–Crippen LogP) is 2.09. The van der Waals surface area contributed by atoms with Gasteiger partial charge in [0, 0.05) is 23.1 Å². The average Bonchev–Trinajstić information content (AvgIpc) is 3.29. The van der Waals surface area contributed by atoms with E-state index in [1.165, 1.54) is 13.1 Å². The largest absolute Gasteiger partial charge is 0.394 e. The number of hydrogen-bond acceptors (Lipinski definition) is 8. The Morgan fingerprint density at radius 1 is 1.14 bits per heavy atom. The number of rotatable bonds is 6. The van der Waals surface area contributed by atoms with E-state index >= 15 is 0 Å². The highest BCUT2D eigenvalue weighted by Gasteiger charge is 2.46. The van der Waals surface area contributed by atoms with Crippen LogP contribution < -0.4 is 5.32 Å². The van der Waals surface area contributed by atoms with E-state index in [1.54, 1.807) is 24.3 Å². The molecule has 0 spiro atoms. The molecule has 1 aliphatic heterocycles. The van der Waals surface area contributed by atoms with Crippen LogP contribution in [0.5, 0.6) is 0 Å². The van der Waals surface area contributed by atoms with Crippen molar-refractivity contribution >= 4 is 23.4 Å². The fourth-order valence-electron chi connectivity index (χ4n) is 3.69. The number of anilines is 1. The molecule has 1 amide bonds. The summed E-state index contributed by atoms with van der Waals surface area (Å²) >= 11 is 1.12. The molecule has 3 aromatic rings. The molecule has 4 N–H and O–H groups in total. The van der Waals surface area contributed by atoms with Crippen LogP contribution in [0.1, 0.15) is 13.0 Å². The van der Waals surface area contributed by atoms with Crippen molar-refractivity contribution in [1.29, 1.82) is 0 Å². The SMILES string of the molecule is CC(=O)Nc1ccc(S[C@H]2OC(CO)[C@H](O)C(n3cc(-c4cc(F)c(F)c(F)c4)nn3)C2O)cc1. The van der Waals surface area contributed by atoms with Gasteiger partial charge in [-0.1, -0.05) is 17.0 Å². The van der Waals surface area contributed by atoms with Crippen molar-refractivity contribution in [3.8, 4) is 11.3 Å². The van der Waals surface area contributed by atoms with Gasteiger partial charge in [-0.2, -0.15) is 0 Å². The Morgan fingerprint density at radius 3 is 2.40 bits per heavy atom. The Bertz CT molecular complexity index is 1190. The minimum Gasteiger partial charge on any atom is -0.394 e. The maximum Gasteiger partial charge on any atom is 0.221 e. The molecule has 5 atom stereocenters. The molecular weight excluding hydrogens is 489 g/mol. The van der Waals surface area contributed by atoms with E-state index in [2.05, 4.69) is 15.6 Å². The third-order valence-corrected chi connectivity index (χ3v) is 6.54. The third kappa shape index (κ3) is 5.33. The highest BCUT2D eigenvalue weighted by Crippen LogP contribution is 2.38. The Hall–Kier alpha value is -2.97. The Labute approximate surface area is 201 Å². The van der Waals surface area contributed by atoms with Gasteiger partial charge in [0.05, 0.1) is 12.8 Å². The first kappa shape index (κ1) is 25.1. The van der Waals surface area contributed by atoms with Crippen LogP contribution in [0.4, 0.5) is 18.9 Å². The second kappa shape index (κ2) is 10.3. The van der Waals surface area contributed by atoms with Crippen LogP contribution in [0.25, 0.3) is 11.3 Å². The number of thioether (sulfide) groups is 1. The monoisotopic (exact) mass is 510 g/mol. The Morgan fingerprint density at radius 2 is 1.80 bits per heavy atom. The minimum absolute atomic E-state index is 0.0213. The maximum atomic E-state index is 13.6. The van der Waals surface area contributed by atoms with Crippen molar-refractivity contribution in [2.45, 2.75) is 41.6 Å². The van der Waals surface area contributed by atoms with E-state index < -0.39 is 53.8 Å². The molecule has 9 nitrogen and oxygen atoms in total. The quantitative estimate of drug-likeness (QED) is 0.371. The van der Waals surface area contributed by atoms with E-state index in [1.807, 2.05) is 0 Å². The van der Waals surface area contributed by atoms with Gasteiger partial charge in [0.2, 0.25) is 5.91 Å². The zero-order chi connectivity index (χ0) is 25.3. The number of nitrogens with zero attached hydrogens (tertiary/aromatic N) is 3. The molecule has 1 aliphatic rings. The van der Waals surface area contributed by atoms with Crippen LogP contribution in [-0.2, 0) is 9.53 Å². The summed E-state index contributed by atoms with van der Waals surface area (Å²) < 4.78 is 47.4. The van der Waals surface area contributed by atoms with E-state index in [-0.39, 0.29) is 17.2 Å². The van der Waals surface area contributed by atoms with Crippen molar-refractivity contribution < 1.29 is 38.0 Å². The summed E-state index contributed by atoms with van der Waals surface area (Å²) in [4.78, 5) is 11.9. The van der Waals surface area contributed by atoms with Crippen LogP contribution in [0, 0.1) is 17.5 Å². The number of amides is 1. The van der Waals surface area contributed by atoms with E-state index in [0.717, 1.165) is 28.6 Å². The number of carbonyl (C=O) groups is 1. The molecule has 1 fully saturated rings. The summed E-state index contributed by atoms with van der Waals surface area (Å²) in [6.45, 7) is 0.826. The number of halogens is 3. The molecule has 13 heteroatoms. The summed E-state index contributed by atoms with van der Waals surface area (Å²) in [6.07, 6.45) is -2.57. The van der Waals surface area contributed by atoms with Crippen LogP contribution >= 0.6 is 11.8 Å². The number of aliphatic hydroxyl groups is 3. The fraction of sp³-hybridized carbons (Fsp3) is 0.318. The van der Waals surface area contributed by atoms with Crippen molar-refractivity contribution in [2.75, 3.05) is 11.9 Å². The van der Waals surface area contributed by atoms with E-state index in [0.29, 0.717) is 10.6 Å². The summed E-state index contributed by atoms with van der Waals surface area (Å²) in [7, 11) is 0. The van der Waals surface area contributed by atoms with Crippen molar-refractivity contribution in [3.05, 3.63) is 60.0 Å². The first-order valence-corrected chi connectivity index (χ1v) is 11.3. The Balaban J connectivity index is 1.58. The number of hydrogen-bond donors (Lipinski definition) is 4. The summed E-state index contributed by atoms with van der Waals surface area (Å²) in [5.74, 6) is -4.64. The standard InChI is InChI=1S/C22H21F3N4O5S/c1-10(31)26-12-2-4-13(5-3-12)35-22-21(33)19(20(32)17(9-30)34-22)29-8-16(27-28-29)11-6-14(23)18(25)15(24)7-11/h2-8,17,19-22,30,32-33H,9H2,1H3,(H,26,31)/t17?,19?,20-,21?,22+/m0/s1.